The first-order chi connectivity index (χ1) is 13.0. The lowest BCUT2D eigenvalue weighted by Crippen LogP contribution is -2.40. The van der Waals surface area contributed by atoms with Gasteiger partial charge in [0.1, 0.15) is 17.4 Å². The third-order valence-corrected chi connectivity index (χ3v) is 4.94. The van der Waals surface area contributed by atoms with Gasteiger partial charge in [0.25, 0.3) is 11.5 Å². The fourth-order valence-electron chi connectivity index (χ4n) is 3.25. The van der Waals surface area contributed by atoms with Gasteiger partial charge >= 0.3 is 0 Å². The molecule has 1 N–H and O–H groups in total. The first kappa shape index (κ1) is 18.7. The van der Waals surface area contributed by atoms with Gasteiger partial charge in [-0.05, 0) is 49.4 Å². The average molecular weight is 365 g/mol. The van der Waals surface area contributed by atoms with E-state index in [0.717, 1.165) is 31.5 Å². The van der Waals surface area contributed by atoms with Crippen molar-refractivity contribution in [2.24, 2.45) is 5.92 Å². The lowest BCUT2D eigenvalue weighted by atomic mass is 9.99. The first-order valence-electron chi connectivity index (χ1n) is 9.13. The van der Waals surface area contributed by atoms with Gasteiger partial charge in [-0.3, -0.25) is 9.59 Å². The number of H-pyrrole nitrogens is 1. The maximum absolute atomic E-state index is 12.3. The Kier molecular flexibility index (Phi) is 5.60. The number of nitriles is 1. The van der Waals surface area contributed by atoms with E-state index in [1.54, 1.807) is 37.3 Å². The fraction of sp³-hybridized carbons (Fsp3) is 0.381. The molecule has 0 aliphatic carbocycles. The quantitative estimate of drug-likeness (QED) is 0.903. The molecule has 1 amide bonds. The third kappa shape index (κ3) is 4.37. The van der Waals surface area contributed by atoms with Crippen molar-refractivity contribution in [3.8, 4) is 22.9 Å². The van der Waals surface area contributed by atoms with Gasteiger partial charge in [0, 0.05) is 24.3 Å². The molecule has 3 rings (SSSR count). The first-order valence-corrected chi connectivity index (χ1v) is 9.13. The highest BCUT2D eigenvalue weighted by Crippen LogP contribution is 2.24. The summed E-state index contributed by atoms with van der Waals surface area (Å²) in [6, 6.07) is 10.8. The van der Waals surface area contributed by atoms with Gasteiger partial charge in [-0.15, -0.1) is 0 Å². The van der Waals surface area contributed by atoms with Crippen molar-refractivity contribution < 1.29 is 9.53 Å². The normalized spacial score (nSPS) is 14.6. The number of aromatic amines is 1. The summed E-state index contributed by atoms with van der Waals surface area (Å²) in [7, 11) is 0. The second kappa shape index (κ2) is 8.09. The number of hydrogen-bond donors (Lipinski definition) is 1. The van der Waals surface area contributed by atoms with Crippen LogP contribution in [0.2, 0.25) is 0 Å². The molecule has 0 radical (unpaired) electrons. The summed E-state index contributed by atoms with van der Waals surface area (Å²) in [4.78, 5) is 28.7. The molecule has 140 valence electrons. The van der Waals surface area contributed by atoms with Gasteiger partial charge in [0.05, 0.1) is 0 Å². The molecule has 0 saturated carbocycles. The maximum atomic E-state index is 12.3. The predicted molar refractivity (Wildman–Crippen MR) is 102 cm³/mol. The van der Waals surface area contributed by atoms with Crippen LogP contribution < -0.4 is 10.3 Å². The molecule has 0 atom stereocenters. The highest BCUT2D eigenvalue weighted by Gasteiger charge is 2.20. The van der Waals surface area contributed by atoms with Crippen molar-refractivity contribution in [1.29, 1.82) is 5.26 Å². The van der Waals surface area contributed by atoms with Crippen molar-refractivity contribution in [2.45, 2.75) is 26.7 Å². The van der Waals surface area contributed by atoms with Crippen molar-refractivity contribution >= 4 is 5.91 Å². The number of rotatable bonds is 4. The Morgan fingerprint density at radius 2 is 1.96 bits per heavy atom. The molecule has 2 aromatic rings. The third-order valence-electron chi connectivity index (χ3n) is 4.94. The number of carbonyl (C=O) groups is 1. The second-order valence-electron chi connectivity index (χ2n) is 7.06. The minimum Gasteiger partial charge on any atom is -0.484 e. The van der Waals surface area contributed by atoms with Crippen LogP contribution in [0.3, 0.4) is 0 Å². The van der Waals surface area contributed by atoms with Crippen LogP contribution in [0, 0.1) is 24.2 Å². The number of nitrogens with zero attached hydrogens (tertiary/aromatic N) is 2. The molecule has 6 heteroatoms. The molecule has 0 spiro atoms. The summed E-state index contributed by atoms with van der Waals surface area (Å²) >= 11 is 0. The van der Waals surface area contributed by atoms with Gasteiger partial charge in [-0.1, -0.05) is 19.1 Å². The van der Waals surface area contributed by atoms with Crippen LogP contribution in [-0.4, -0.2) is 35.5 Å². The molecule has 1 aliphatic heterocycles. The zero-order valence-electron chi connectivity index (χ0n) is 15.6. The van der Waals surface area contributed by atoms with Crippen LogP contribution in [0.15, 0.2) is 35.1 Å². The Hall–Kier alpha value is -3.07. The second-order valence-corrected chi connectivity index (χ2v) is 7.06. The number of hydrogen-bond acceptors (Lipinski definition) is 4. The van der Waals surface area contributed by atoms with Crippen LogP contribution in [0.25, 0.3) is 11.1 Å². The Morgan fingerprint density at radius 1 is 1.30 bits per heavy atom. The van der Waals surface area contributed by atoms with Crippen LogP contribution >= 0.6 is 0 Å². The molecular formula is C21H23N3O3. The molecule has 1 fully saturated rings. The number of aromatic nitrogens is 1. The Morgan fingerprint density at radius 3 is 2.59 bits per heavy atom. The van der Waals surface area contributed by atoms with Gasteiger partial charge in [0.15, 0.2) is 6.61 Å². The average Bonchev–Trinajstić information content (AvgIpc) is 2.66. The van der Waals surface area contributed by atoms with Crippen LogP contribution in [0.5, 0.6) is 5.75 Å². The molecule has 1 aliphatic rings. The topological polar surface area (TPSA) is 86.2 Å². The van der Waals surface area contributed by atoms with Gasteiger partial charge in [-0.2, -0.15) is 5.26 Å². The summed E-state index contributed by atoms with van der Waals surface area (Å²) < 4.78 is 5.62. The number of carbonyl (C=O) groups excluding carboxylic acids is 1. The number of aryl methyl sites for hydroxylation is 1. The number of ether oxygens (including phenoxy) is 1. The Balaban J connectivity index is 1.67. The number of nitrogens with one attached hydrogen (secondary N) is 1. The molecule has 6 nitrogen and oxygen atoms in total. The van der Waals surface area contributed by atoms with E-state index in [9.17, 15) is 14.9 Å². The van der Waals surface area contributed by atoms with Crippen molar-refractivity contribution in [3.63, 3.8) is 0 Å². The Labute approximate surface area is 158 Å². The summed E-state index contributed by atoms with van der Waals surface area (Å²) in [6.45, 7) is 5.58. The monoisotopic (exact) mass is 365 g/mol. The van der Waals surface area contributed by atoms with E-state index in [4.69, 9.17) is 4.74 Å². The summed E-state index contributed by atoms with van der Waals surface area (Å²) in [5, 5.41) is 9.25. The predicted octanol–water partition coefficient (Wildman–Crippen LogP) is 2.86. The highest BCUT2D eigenvalue weighted by atomic mass is 16.5. The van der Waals surface area contributed by atoms with E-state index in [0.29, 0.717) is 22.9 Å². The number of likely N-dealkylation sites (tertiary alicyclic amines) is 1. The lowest BCUT2D eigenvalue weighted by Gasteiger charge is -2.30. The molecule has 0 unspecified atom stereocenters. The molecule has 1 aromatic carbocycles. The van der Waals surface area contributed by atoms with E-state index < -0.39 is 5.56 Å². The standard InChI is InChI=1S/C21H23N3O3/c1-14-7-9-24(10-8-14)20(25)13-27-17-5-3-16(4-6-17)18-11-15(2)23-21(26)19(18)12-22/h3-6,11,14H,7-10,13H2,1-2H3,(H,23,26). The summed E-state index contributed by atoms with van der Waals surface area (Å²) in [5.74, 6) is 1.26. The minimum atomic E-state index is -0.394. The molecular weight excluding hydrogens is 342 g/mol. The smallest absolute Gasteiger partial charge is 0.266 e. The minimum absolute atomic E-state index is 0.00274. The van der Waals surface area contributed by atoms with Crippen molar-refractivity contribution in [2.75, 3.05) is 19.7 Å². The van der Waals surface area contributed by atoms with Crippen molar-refractivity contribution in [1.82, 2.24) is 9.88 Å². The Bertz CT molecular complexity index is 917. The highest BCUT2D eigenvalue weighted by molar-refractivity contribution is 5.78. The van der Waals surface area contributed by atoms with Crippen LogP contribution in [0.4, 0.5) is 0 Å². The molecule has 1 saturated heterocycles. The van der Waals surface area contributed by atoms with E-state index in [1.807, 2.05) is 11.0 Å². The summed E-state index contributed by atoms with van der Waals surface area (Å²) in [5.41, 5.74) is 1.72. The van der Waals surface area contributed by atoms with E-state index in [-0.39, 0.29) is 18.1 Å². The largest absolute Gasteiger partial charge is 0.484 e. The molecule has 1 aromatic heterocycles. The SMILES string of the molecule is Cc1cc(-c2ccc(OCC(=O)N3CCC(C)CC3)cc2)c(C#N)c(=O)[nH]1. The zero-order valence-corrected chi connectivity index (χ0v) is 15.6. The van der Waals surface area contributed by atoms with Crippen molar-refractivity contribution in [3.05, 3.63) is 51.9 Å². The van der Waals surface area contributed by atoms with E-state index >= 15 is 0 Å². The summed E-state index contributed by atoms with van der Waals surface area (Å²) in [6.07, 6.45) is 2.08. The van der Waals surface area contributed by atoms with Crippen LogP contribution in [-0.2, 0) is 4.79 Å². The number of piperidine rings is 1. The number of amides is 1. The molecule has 2 heterocycles. The van der Waals surface area contributed by atoms with Crippen LogP contribution in [0.1, 0.15) is 31.0 Å². The maximum Gasteiger partial charge on any atom is 0.266 e. The van der Waals surface area contributed by atoms with Gasteiger partial charge in [0.2, 0.25) is 0 Å². The van der Waals surface area contributed by atoms with E-state index in [1.165, 1.54) is 0 Å². The molecule has 0 bridgehead atoms. The molecule has 27 heavy (non-hydrogen) atoms. The van der Waals surface area contributed by atoms with Gasteiger partial charge < -0.3 is 14.6 Å². The number of pyridine rings is 1. The number of benzene rings is 1. The van der Waals surface area contributed by atoms with E-state index in [2.05, 4.69) is 11.9 Å². The zero-order chi connectivity index (χ0) is 19.4. The van der Waals surface area contributed by atoms with Gasteiger partial charge in [-0.25, -0.2) is 0 Å². The fourth-order valence-corrected chi connectivity index (χ4v) is 3.25. The lowest BCUT2D eigenvalue weighted by molar-refractivity contribution is -0.134.